The highest BCUT2D eigenvalue weighted by Gasteiger charge is 2.18. The summed E-state index contributed by atoms with van der Waals surface area (Å²) in [6.07, 6.45) is 4.15. The fourth-order valence-electron chi connectivity index (χ4n) is 1.44. The number of aliphatic hydroxyl groups is 1. The van der Waals surface area contributed by atoms with Gasteiger partial charge in [-0.25, -0.2) is 4.98 Å². The minimum Gasteiger partial charge on any atom is -0.396 e. The zero-order chi connectivity index (χ0) is 13.0. The molecule has 2 aromatic heterocycles. The molecule has 1 fully saturated rings. The normalized spacial score (nSPS) is 13.9. The smallest absolute Gasteiger partial charge is 0.177 e. The molecule has 96 valence electrons. The maximum absolute atomic E-state index is 8.21. The molecule has 0 unspecified atom stereocenters. The average molecular weight is 247 g/mol. The Morgan fingerprint density at radius 3 is 2.56 bits per heavy atom. The molecule has 1 aliphatic carbocycles. The number of hydrogen-bond donors (Lipinski definition) is 1. The van der Waals surface area contributed by atoms with Crippen molar-refractivity contribution in [3.05, 3.63) is 30.0 Å². The Labute approximate surface area is 106 Å². The third-order valence-corrected chi connectivity index (χ3v) is 2.61. The van der Waals surface area contributed by atoms with E-state index in [-0.39, 0.29) is 0 Å². The van der Waals surface area contributed by atoms with E-state index in [1.54, 1.807) is 10.9 Å². The summed E-state index contributed by atoms with van der Waals surface area (Å²) in [5.74, 6) is 2.94. The first-order valence-electron chi connectivity index (χ1n) is 6.00. The van der Waals surface area contributed by atoms with Gasteiger partial charge in [-0.15, -0.1) is 10.2 Å². The fraction of sp³-hybridized carbons (Fsp3) is 0.500. The van der Waals surface area contributed by atoms with Gasteiger partial charge in [-0.05, 0) is 44.7 Å². The maximum Gasteiger partial charge on any atom is 0.177 e. The highest BCUT2D eigenvalue weighted by atomic mass is 16.3. The van der Waals surface area contributed by atoms with Crippen LogP contribution in [0.5, 0.6) is 0 Å². The number of nitrogens with zero attached hydrogens (tertiary/aromatic N) is 5. The van der Waals surface area contributed by atoms with Crippen molar-refractivity contribution in [2.24, 2.45) is 5.92 Å². The van der Waals surface area contributed by atoms with Gasteiger partial charge < -0.3 is 5.11 Å². The Bertz CT molecular complexity index is 492. The van der Waals surface area contributed by atoms with Crippen molar-refractivity contribution >= 4 is 0 Å². The quantitative estimate of drug-likeness (QED) is 0.858. The molecule has 0 aromatic carbocycles. The summed E-state index contributed by atoms with van der Waals surface area (Å²) in [7, 11) is 0. The van der Waals surface area contributed by atoms with Crippen molar-refractivity contribution in [3.8, 4) is 5.82 Å². The van der Waals surface area contributed by atoms with Crippen LogP contribution in [-0.4, -0.2) is 36.7 Å². The number of aliphatic hydroxyl groups excluding tert-OH is 1. The van der Waals surface area contributed by atoms with Gasteiger partial charge >= 0.3 is 0 Å². The second-order valence-electron chi connectivity index (χ2n) is 4.33. The van der Waals surface area contributed by atoms with Crippen molar-refractivity contribution in [1.82, 2.24) is 25.0 Å². The van der Waals surface area contributed by atoms with Crippen molar-refractivity contribution in [2.45, 2.75) is 26.7 Å². The average Bonchev–Trinajstić information content (AvgIpc) is 3.16. The predicted octanol–water partition coefficient (Wildman–Crippen LogP) is 1.06. The largest absolute Gasteiger partial charge is 0.396 e. The SMILES string of the molecule is Cc1nc(C)n(-c2cccnn2)n1.OCC1CC1. The lowest BCUT2D eigenvalue weighted by molar-refractivity contribution is 0.277. The predicted molar refractivity (Wildman–Crippen MR) is 66.2 cm³/mol. The van der Waals surface area contributed by atoms with Gasteiger partial charge in [0.1, 0.15) is 11.6 Å². The lowest BCUT2D eigenvalue weighted by atomic mass is 10.5. The van der Waals surface area contributed by atoms with E-state index in [1.165, 1.54) is 12.8 Å². The van der Waals surface area contributed by atoms with Crippen LogP contribution in [0.15, 0.2) is 18.3 Å². The summed E-state index contributed by atoms with van der Waals surface area (Å²) in [5.41, 5.74) is 0. The van der Waals surface area contributed by atoms with E-state index in [0.29, 0.717) is 18.3 Å². The van der Waals surface area contributed by atoms with Crippen molar-refractivity contribution in [3.63, 3.8) is 0 Å². The summed E-state index contributed by atoms with van der Waals surface area (Å²) in [4.78, 5) is 4.17. The first kappa shape index (κ1) is 12.6. The van der Waals surface area contributed by atoms with Crippen LogP contribution in [0.2, 0.25) is 0 Å². The van der Waals surface area contributed by atoms with Gasteiger partial charge in [0.15, 0.2) is 5.82 Å². The third-order valence-electron chi connectivity index (χ3n) is 2.61. The molecular weight excluding hydrogens is 230 g/mol. The van der Waals surface area contributed by atoms with E-state index < -0.39 is 0 Å². The van der Waals surface area contributed by atoms with Crippen LogP contribution >= 0.6 is 0 Å². The number of hydrogen-bond acceptors (Lipinski definition) is 5. The van der Waals surface area contributed by atoms with Crippen molar-refractivity contribution in [2.75, 3.05) is 6.61 Å². The van der Waals surface area contributed by atoms with Gasteiger partial charge in [0, 0.05) is 12.8 Å². The number of rotatable bonds is 2. The van der Waals surface area contributed by atoms with Gasteiger partial charge in [0.2, 0.25) is 0 Å². The molecule has 0 aliphatic heterocycles. The molecule has 0 radical (unpaired) electrons. The molecule has 0 saturated heterocycles. The van der Waals surface area contributed by atoms with E-state index in [0.717, 1.165) is 11.6 Å². The fourth-order valence-corrected chi connectivity index (χ4v) is 1.44. The molecule has 0 spiro atoms. The molecule has 0 bridgehead atoms. The second-order valence-corrected chi connectivity index (χ2v) is 4.33. The van der Waals surface area contributed by atoms with E-state index in [9.17, 15) is 0 Å². The first-order chi connectivity index (χ1) is 8.70. The van der Waals surface area contributed by atoms with Crippen molar-refractivity contribution in [1.29, 1.82) is 0 Å². The second kappa shape index (κ2) is 5.68. The van der Waals surface area contributed by atoms with Gasteiger partial charge in [0.05, 0.1) is 0 Å². The van der Waals surface area contributed by atoms with Crippen LogP contribution in [0.1, 0.15) is 24.5 Å². The molecule has 6 nitrogen and oxygen atoms in total. The van der Waals surface area contributed by atoms with E-state index in [4.69, 9.17) is 5.11 Å². The Balaban J connectivity index is 0.000000202. The van der Waals surface area contributed by atoms with Gasteiger partial charge in [-0.3, -0.25) is 0 Å². The molecule has 0 atom stereocenters. The summed E-state index contributed by atoms with van der Waals surface area (Å²) in [6, 6.07) is 3.66. The summed E-state index contributed by atoms with van der Waals surface area (Å²) < 4.78 is 1.67. The monoisotopic (exact) mass is 247 g/mol. The van der Waals surface area contributed by atoms with Crippen LogP contribution < -0.4 is 0 Å². The summed E-state index contributed by atoms with van der Waals surface area (Å²) >= 11 is 0. The molecule has 1 aliphatic rings. The Hall–Kier alpha value is -1.82. The van der Waals surface area contributed by atoms with Gasteiger partial charge in [-0.1, -0.05) is 0 Å². The lowest BCUT2D eigenvalue weighted by Gasteiger charge is -1.98. The summed E-state index contributed by atoms with van der Waals surface area (Å²) in [6.45, 7) is 4.15. The molecule has 3 rings (SSSR count). The molecule has 0 amide bonds. The van der Waals surface area contributed by atoms with Gasteiger partial charge in [-0.2, -0.15) is 9.78 Å². The zero-order valence-electron chi connectivity index (χ0n) is 10.6. The number of aryl methyl sites for hydroxylation is 2. The maximum atomic E-state index is 8.21. The summed E-state index contributed by atoms with van der Waals surface area (Å²) in [5, 5.41) is 20.1. The molecule has 2 aromatic rings. The number of aromatic nitrogens is 5. The van der Waals surface area contributed by atoms with Gasteiger partial charge in [0.25, 0.3) is 0 Å². The highest BCUT2D eigenvalue weighted by Crippen LogP contribution is 2.27. The van der Waals surface area contributed by atoms with Crippen LogP contribution in [0.3, 0.4) is 0 Å². The highest BCUT2D eigenvalue weighted by molar-refractivity contribution is 5.19. The lowest BCUT2D eigenvalue weighted by Crippen LogP contribution is -2.02. The molecule has 1 N–H and O–H groups in total. The zero-order valence-corrected chi connectivity index (χ0v) is 10.6. The molecule has 1 saturated carbocycles. The van der Waals surface area contributed by atoms with E-state index in [2.05, 4.69) is 20.3 Å². The molecule has 6 heteroatoms. The Kier molecular flexibility index (Phi) is 3.99. The minimum absolute atomic E-state index is 0.417. The standard InChI is InChI=1S/C8H9N5.C4H8O/c1-6-10-7(2)13(12-6)8-4-3-5-9-11-8;5-3-4-1-2-4/h3-5H,1-2H3;4-5H,1-3H2. The Morgan fingerprint density at radius 2 is 2.17 bits per heavy atom. The van der Waals surface area contributed by atoms with Crippen LogP contribution in [0, 0.1) is 19.8 Å². The molecule has 18 heavy (non-hydrogen) atoms. The minimum atomic E-state index is 0.417. The van der Waals surface area contributed by atoms with Crippen LogP contribution in [-0.2, 0) is 0 Å². The Morgan fingerprint density at radius 1 is 1.39 bits per heavy atom. The topological polar surface area (TPSA) is 76.7 Å². The van der Waals surface area contributed by atoms with Crippen LogP contribution in [0.25, 0.3) is 5.82 Å². The first-order valence-corrected chi connectivity index (χ1v) is 6.00. The van der Waals surface area contributed by atoms with E-state index >= 15 is 0 Å². The molecular formula is C12H17N5O. The third kappa shape index (κ3) is 3.33. The van der Waals surface area contributed by atoms with E-state index in [1.807, 2.05) is 26.0 Å². The van der Waals surface area contributed by atoms with Crippen LogP contribution in [0.4, 0.5) is 0 Å². The molecule has 2 heterocycles. The van der Waals surface area contributed by atoms with Crippen molar-refractivity contribution < 1.29 is 5.11 Å².